The number of amides is 1. The standard InChI is InChI=1S/C13H16BrFN2O/c1-2-17(9-6-7-16-8-9)13(18)10-4-3-5-11(15)12(10)14/h3-5,9,16H,2,6-8H2,1H3. The molecule has 1 fully saturated rings. The van der Waals surface area contributed by atoms with Crippen LogP contribution in [0.1, 0.15) is 23.7 Å². The van der Waals surface area contributed by atoms with E-state index in [4.69, 9.17) is 0 Å². The summed E-state index contributed by atoms with van der Waals surface area (Å²) >= 11 is 3.15. The molecule has 3 nitrogen and oxygen atoms in total. The summed E-state index contributed by atoms with van der Waals surface area (Å²) in [5, 5.41) is 3.24. The van der Waals surface area contributed by atoms with Crippen LogP contribution < -0.4 is 5.32 Å². The number of halogens is 2. The van der Waals surface area contributed by atoms with Crippen LogP contribution in [0, 0.1) is 5.82 Å². The van der Waals surface area contributed by atoms with Crippen LogP contribution in [0.5, 0.6) is 0 Å². The van der Waals surface area contributed by atoms with Crippen LogP contribution in [-0.4, -0.2) is 36.5 Å². The van der Waals surface area contributed by atoms with Crippen molar-refractivity contribution in [1.82, 2.24) is 10.2 Å². The number of benzene rings is 1. The van der Waals surface area contributed by atoms with Gasteiger partial charge in [0, 0.05) is 19.1 Å². The highest BCUT2D eigenvalue weighted by molar-refractivity contribution is 9.10. The van der Waals surface area contributed by atoms with Gasteiger partial charge in [-0.25, -0.2) is 4.39 Å². The molecule has 18 heavy (non-hydrogen) atoms. The molecule has 2 rings (SSSR count). The van der Waals surface area contributed by atoms with Gasteiger partial charge in [-0.05, 0) is 48.0 Å². The predicted molar refractivity (Wildman–Crippen MR) is 72.1 cm³/mol. The van der Waals surface area contributed by atoms with Gasteiger partial charge in [-0.2, -0.15) is 0 Å². The Kier molecular flexibility index (Phi) is 4.35. The van der Waals surface area contributed by atoms with Crippen molar-refractivity contribution >= 4 is 21.8 Å². The van der Waals surface area contributed by atoms with E-state index in [9.17, 15) is 9.18 Å². The van der Waals surface area contributed by atoms with Crippen LogP contribution in [0.2, 0.25) is 0 Å². The summed E-state index contributed by atoms with van der Waals surface area (Å²) in [6.07, 6.45) is 0.951. The molecular formula is C13H16BrFN2O. The smallest absolute Gasteiger partial charge is 0.255 e. The van der Waals surface area contributed by atoms with E-state index in [1.165, 1.54) is 6.07 Å². The summed E-state index contributed by atoms with van der Waals surface area (Å²) in [4.78, 5) is 14.2. The maximum atomic E-state index is 13.5. The third-order valence-electron chi connectivity index (χ3n) is 3.26. The van der Waals surface area contributed by atoms with Crippen LogP contribution in [-0.2, 0) is 0 Å². The van der Waals surface area contributed by atoms with E-state index in [2.05, 4.69) is 21.2 Å². The van der Waals surface area contributed by atoms with Crippen LogP contribution >= 0.6 is 15.9 Å². The lowest BCUT2D eigenvalue weighted by molar-refractivity contribution is 0.0702. The minimum absolute atomic E-state index is 0.113. The zero-order chi connectivity index (χ0) is 13.1. The Morgan fingerprint density at radius 3 is 3.00 bits per heavy atom. The number of hydrogen-bond acceptors (Lipinski definition) is 2. The van der Waals surface area contributed by atoms with Gasteiger partial charge < -0.3 is 10.2 Å². The zero-order valence-corrected chi connectivity index (χ0v) is 11.8. The SMILES string of the molecule is CCN(C(=O)c1cccc(F)c1Br)C1CCNC1. The lowest BCUT2D eigenvalue weighted by Crippen LogP contribution is -2.41. The molecule has 1 aliphatic heterocycles. The largest absolute Gasteiger partial charge is 0.335 e. The Labute approximate surface area is 114 Å². The maximum Gasteiger partial charge on any atom is 0.255 e. The molecule has 1 atom stereocenters. The molecule has 98 valence electrons. The Morgan fingerprint density at radius 2 is 2.39 bits per heavy atom. The number of carbonyl (C=O) groups is 1. The number of likely N-dealkylation sites (N-methyl/N-ethyl adjacent to an activating group) is 1. The van der Waals surface area contributed by atoms with Gasteiger partial charge in [-0.3, -0.25) is 4.79 Å². The van der Waals surface area contributed by atoms with Crippen molar-refractivity contribution in [3.05, 3.63) is 34.1 Å². The summed E-state index contributed by atoms with van der Waals surface area (Å²) in [6, 6.07) is 4.76. The van der Waals surface area contributed by atoms with E-state index < -0.39 is 5.82 Å². The zero-order valence-electron chi connectivity index (χ0n) is 10.2. The van der Waals surface area contributed by atoms with E-state index in [0.29, 0.717) is 12.1 Å². The fourth-order valence-electron chi connectivity index (χ4n) is 2.30. The van der Waals surface area contributed by atoms with Crippen LogP contribution in [0.15, 0.2) is 22.7 Å². The first-order chi connectivity index (χ1) is 8.65. The van der Waals surface area contributed by atoms with Crippen LogP contribution in [0.3, 0.4) is 0 Å². The van der Waals surface area contributed by atoms with Gasteiger partial charge in [0.15, 0.2) is 0 Å². The minimum atomic E-state index is -0.401. The maximum absolute atomic E-state index is 13.5. The number of nitrogens with zero attached hydrogens (tertiary/aromatic N) is 1. The summed E-state index contributed by atoms with van der Waals surface area (Å²) in [5.74, 6) is -0.515. The number of rotatable bonds is 3. The molecule has 1 aromatic carbocycles. The van der Waals surface area contributed by atoms with Crippen molar-refractivity contribution in [3.63, 3.8) is 0 Å². The number of nitrogens with one attached hydrogen (secondary N) is 1. The van der Waals surface area contributed by atoms with Crippen LogP contribution in [0.25, 0.3) is 0 Å². The molecule has 0 saturated carbocycles. The number of hydrogen-bond donors (Lipinski definition) is 1. The van der Waals surface area contributed by atoms with Gasteiger partial charge in [0.2, 0.25) is 0 Å². The average Bonchev–Trinajstić information content (AvgIpc) is 2.87. The minimum Gasteiger partial charge on any atom is -0.335 e. The third kappa shape index (κ3) is 2.57. The molecule has 0 radical (unpaired) electrons. The second-order valence-electron chi connectivity index (χ2n) is 4.34. The lowest BCUT2D eigenvalue weighted by atomic mass is 10.1. The molecule has 0 aliphatic carbocycles. The first-order valence-corrected chi connectivity index (χ1v) is 6.90. The van der Waals surface area contributed by atoms with Gasteiger partial charge >= 0.3 is 0 Å². The summed E-state index contributed by atoms with van der Waals surface area (Å²) in [7, 11) is 0. The molecular weight excluding hydrogens is 299 g/mol. The molecule has 1 N–H and O–H groups in total. The predicted octanol–water partition coefficient (Wildman–Crippen LogP) is 2.41. The quantitative estimate of drug-likeness (QED) is 0.929. The van der Waals surface area contributed by atoms with Gasteiger partial charge in [0.1, 0.15) is 5.82 Å². The second kappa shape index (κ2) is 5.80. The van der Waals surface area contributed by atoms with Crippen molar-refractivity contribution in [2.45, 2.75) is 19.4 Å². The summed E-state index contributed by atoms with van der Waals surface area (Å²) in [6.45, 7) is 4.32. The van der Waals surface area contributed by atoms with Gasteiger partial charge in [-0.1, -0.05) is 6.07 Å². The molecule has 5 heteroatoms. The monoisotopic (exact) mass is 314 g/mol. The molecule has 1 saturated heterocycles. The fourth-order valence-corrected chi connectivity index (χ4v) is 2.73. The van der Waals surface area contributed by atoms with E-state index in [-0.39, 0.29) is 16.4 Å². The third-order valence-corrected chi connectivity index (χ3v) is 4.06. The molecule has 0 bridgehead atoms. The van der Waals surface area contributed by atoms with Crippen molar-refractivity contribution in [1.29, 1.82) is 0 Å². The Balaban J connectivity index is 2.25. The molecule has 1 heterocycles. The van der Waals surface area contributed by atoms with Crippen molar-refractivity contribution in [2.24, 2.45) is 0 Å². The highest BCUT2D eigenvalue weighted by atomic mass is 79.9. The average molecular weight is 315 g/mol. The Hall–Kier alpha value is -0.940. The van der Waals surface area contributed by atoms with E-state index in [0.717, 1.165) is 19.5 Å². The molecule has 1 aliphatic rings. The Bertz CT molecular complexity index is 447. The fraction of sp³-hybridized carbons (Fsp3) is 0.462. The van der Waals surface area contributed by atoms with Crippen molar-refractivity contribution < 1.29 is 9.18 Å². The first kappa shape index (κ1) is 13.5. The molecule has 1 amide bonds. The normalized spacial score (nSPS) is 18.9. The van der Waals surface area contributed by atoms with Crippen molar-refractivity contribution in [3.8, 4) is 0 Å². The van der Waals surface area contributed by atoms with E-state index >= 15 is 0 Å². The first-order valence-electron chi connectivity index (χ1n) is 6.10. The van der Waals surface area contributed by atoms with Crippen molar-refractivity contribution in [2.75, 3.05) is 19.6 Å². The Morgan fingerprint density at radius 1 is 1.61 bits per heavy atom. The second-order valence-corrected chi connectivity index (χ2v) is 5.13. The highest BCUT2D eigenvalue weighted by Crippen LogP contribution is 2.23. The van der Waals surface area contributed by atoms with Gasteiger partial charge in [0.25, 0.3) is 5.91 Å². The number of carbonyl (C=O) groups excluding carboxylic acids is 1. The molecule has 0 aromatic heterocycles. The molecule has 1 unspecified atom stereocenters. The van der Waals surface area contributed by atoms with Gasteiger partial charge in [-0.15, -0.1) is 0 Å². The summed E-state index contributed by atoms with van der Waals surface area (Å²) in [5.41, 5.74) is 0.392. The topological polar surface area (TPSA) is 32.3 Å². The molecule has 1 aromatic rings. The highest BCUT2D eigenvalue weighted by Gasteiger charge is 2.27. The summed E-state index contributed by atoms with van der Waals surface area (Å²) < 4.78 is 13.7. The lowest BCUT2D eigenvalue weighted by Gasteiger charge is -2.27. The van der Waals surface area contributed by atoms with E-state index in [1.807, 2.05) is 6.92 Å². The molecule has 0 spiro atoms. The van der Waals surface area contributed by atoms with Gasteiger partial charge in [0.05, 0.1) is 10.0 Å². The van der Waals surface area contributed by atoms with Crippen LogP contribution in [0.4, 0.5) is 4.39 Å². The van der Waals surface area contributed by atoms with E-state index in [1.54, 1.807) is 17.0 Å².